The molecule has 2 unspecified atom stereocenters. The predicted molar refractivity (Wildman–Crippen MR) is 40.4 cm³/mol. The van der Waals surface area contributed by atoms with Crippen molar-refractivity contribution in [3.63, 3.8) is 0 Å². The van der Waals surface area contributed by atoms with Gasteiger partial charge in [-0.3, -0.25) is 0 Å². The Morgan fingerprint density at radius 2 is 1.38 bits per heavy atom. The first kappa shape index (κ1) is 8.77. The molecule has 0 saturated carbocycles. The van der Waals surface area contributed by atoms with Gasteiger partial charge in [-0.05, 0) is 0 Å². The molecule has 0 aliphatic rings. The fourth-order valence-electron chi connectivity index (χ4n) is 0.0504. The van der Waals surface area contributed by atoms with Gasteiger partial charge in [0.15, 0.2) is 13.8 Å². The average molecular weight is 162 g/mol. The summed E-state index contributed by atoms with van der Waals surface area (Å²) in [5.41, 5.74) is 0. The maximum absolute atomic E-state index is 11.5. The maximum Gasteiger partial charge on any atom is 0.151 e. The van der Waals surface area contributed by atoms with E-state index >= 15 is 0 Å². The molecule has 0 amide bonds. The van der Waals surface area contributed by atoms with Crippen LogP contribution in [0.4, 0.5) is 8.39 Å². The summed E-state index contributed by atoms with van der Waals surface area (Å²) < 4.78 is 35.4. The minimum Gasteiger partial charge on any atom is -0.344 e. The van der Waals surface area contributed by atoms with E-state index in [2.05, 4.69) is 0 Å². The first-order valence-electron chi connectivity index (χ1n) is 2.08. The molecule has 0 bridgehead atoms. The molecule has 0 aromatic heterocycles. The number of halogens is 2. The third-order valence-electron chi connectivity index (χ3n) is 0.179. The van der Waals surface area contributed by atoms with E-state index in [0.717, 1.165) is 13.8 Å². The molecule has 0 spiro atoms. The number of hydrogen-bond donors (Lipinski definition) is 2. The zero-order valence-electron chi connectivity index (χ0n) is 6.22. The standard InChI is InChI=1S/B2F2H2P2.2H3N/c3-5-1-2-6-4;;/h5-6H;2*1H3/i5T,6T;;. The lowest BCUT2D eigenvalue weighted by Gasteiger charge is -1.75. The molecule has 0 aromatic rings. The van der Waals surface area contributed by atoms with Crippen LogP contribution in [0, 0.1) is 0 Å². The smallest absolute Gasteiger partial charge is 0.151 e. The fourth-order valence-corrected chi connectivity index (χ4v) is 0.454. The molecule has 0 rings (SSSR count). The van der Waals surface area contributed by atoms with Gasteiger partial charge < -0.3 is 12.3 Å². The van der Waals surface area contributed by atoms with Crippen molar-refractivity contribution >= 4 is 31.2 Å². The van der Waals surface area contributed by atoms with Crippen LogP contribution in [0.5, 0.6) is 0 Å². The van der Waals surface area contributed by atoms with Crippen LogP contribution in [0.1, 0.15) is 0 Å². The third kappa shape index (κ3) is 15.9. The monoisotopic (exact) mass is 162 g/mol. The van der Waals surface area contributed by atoms with Crippen molar-refractivity contribution in [1.29, 1.82) is 2.56 Å². The molecule has 8 heteroatoms. The highest BCUT2D eigenvalue weighted by Crippen LogP contribution is 2.12. The molecule has 0 aromatic carbocycles. The van der Waals surface area contributed by atoms with E-state index in [1.54, 1.807) is 0 Å². The average Bonchev–Trinajstić information content (AvgIpc) is 1.61. The van der Waals surface area contributed by atoms with Crippen molar-refractivity contribution in [1.82, 2.24) is 12.3 Å². The zero-order chi connectivity index (χ0) is 6.57. The van der Waals surface area contributed by atoms with Crippen molar-refractivity contribution in [2.45, 2.75) is 0 Å². The van der Waals surface area contributed by atoms with Crippen molar-refractivity contribution in [3.8, 4) is 0 Å². The highest BCUT2D eigenvalue weighted by molar-refractivity contribution is 7.92. The van der Waals surface area contributed by atoms with Crippen molar-refractivity contribution < 1.29 is 8.39 Å². The molecule has 0 fully saturated rings. The summed E-state index contributed by atoms with van der Waals surface area (Å²) >= 11 is 0. The Bertz CT molecular complexity index is 59.2. The van der Waals surface area contributed by atoms with Crippen molar-refractivity contribution in [2.24, 2.45) is 0 Å². The molecular weight excluding hydrogens is 150 g/mol. The largest absolute Gasteiger partial charge is 0.344 e. The predicted octanol–water partition coefficient (Wildman–Crippen LogP) is 1.59. The second kappa shape index (κ2) is 15.7. The summed E-state index contributed by atoms with van der Waals surface area (Å²) in [6.45, 7) is 1.54. The van der Waals surface area contributed by atoms with Crippen LogP contribution in [0.2, 0.25) is 0 Å². The third-order valence-corrected chi connectivity index (χ3v) is 0.938. The summed E-state index contributed by atoms with van der Waals surface area (Å²) in [5, 5.41) is 0. The Labute approximate surface area is 55.5 Å². The van der Waals surface area contributed by atoms with Crippen LogP contribution < -0.4 is 12.3 Å². The van der Waals surface area contributed by atoms with Crippen LogP contribution in [0.25, 0.3) is 0 Å². The molecule has 48 valence electrons. The van der Waals surface area contributed by atoms with E-state index in [4.69, 9.17) is 2.56 Å². The second-order valence-electron chi connectivity index (χ2n) is 0.493. The van der Waals surface area contributed by atoms with Crippen LogP contribution >= 0.6 is 17.4 Å². The summed E-state index contributed by atoms with van der Waals surface area (Å²) in [6, 6.07) is 0. The van der Waals surface area contributed by atoms with Crippen LogP contribution in [-0.2, 0) is 0 Å². The summed E-state index contributed by atoms with van der Waals surface area (Å²) in [7, 11) is -4.81. The summed E-state index contributed by atoms with van der Waals surface area (Å²) in [6.07, 6.45) is 0. The Hall–Kier alpha value is 0.770. The lowest BCUT2D eigenvalue weighted by atomic mass is 9.76. The first-order valence-corrected chi connectivity index (χ1v) is 2.90. The van der Waals surface area contributed by atoms with Gasteiger partial charge in [0.25, 0.3) is 0 Å². The molecule has 0 aliphatic carbocycles. The molecule has 2 nitrogen and oxygen atoms in total. The molecule has 8 heavy (non-hydrogen) atoms. The summed E-state index contributed by atoms with van der Waals surface area (Å²) in [4.78, 5) is 0. The van der Waals surface area contributed by atoms with E-state index < -0.39 is 17.4 Å². The van der Waals surface area contributed by atoms with Gasteiger partial charge in [0, 0.05) is 17.4 Å². The molecule has 6 N–H and O–H groups in total. The quantitative estimate of drug-likeness (QED) is 0.488. The minimum absolute atomic E-state index is 0. The fraction of sp³-hybridized carbons (Fsp3) is 0. The minimum atomic E-state index is -2.41. The van der Waals surface area contributed by atoms with E-state index in [9.17, 15) is 8.39 Å². The Kier molecular flexibility index (Phi) is 17.2. The number of hydrogen-bond acceptors (Lipinski definition) is 2. The van der Waals surface area contributed by atoms with Crippen molar-refractivity contribution in [3.05, 3.63) is 0 Å². The van der Waals surface area contributed by atoms with Crippen LogP contribution in [-0.4, -0.2) is 16.3 Å². The molecule has 0 aliphatic heterocycles. The zero-order valence-corrected chi connectivity index (χ0v) is 6.01. The van der Waals surface area contributed by atoms with E-state index in [-0.39, 0.29) is 12.3 Å². The number of rotatable bonds is 3. The van der Waals surface area contributed by atoms with Gasteiger partial charge >= 0.3 is 0 Å². The lowest BCUT2D eigenvalue weighted by molar-refractivity contribution is 0.933. The molecule has 0 saturated heterocycles. The topological polar surface area (TPSA) is 70.0 Å². The SMILES string of the molecule is N.N.[3H]P(F)[B][B]P([3H])F. The van der Waals surface area contributed by atoms with Crippen LogP contribution in [0.15, 0.2) is 0 Å². The van der Waals surface area contributed by atoms with Gasteiger partial charge in [-0.1, -0.05) is 0 Å². The van der Waals surface area contributed by atoms with Gasteiger partial charge in [-0.2, -0.15) is 0 Å². The lowest BCUT2D eigenvalue weighted by Crippen LogP contribution is -1.83. The van der Waals surface area contributed by atoms with E-state index in [1.165, 1.54) is 0 Å². The van der Waals surface area contributed by atoms with Gasteiger partial charge in [0.1, 0.15) is 0 Å². The Morgan fingerprint density at radius 3 is 1.50 bits per heavy atom. The summed E-state index contributed by atoms with van der Waals surface area (Å²) in [5.74, 6) is 0. The maximum atomic E-state index is 11.5. The van der Waals surface area contributed by atoms with Gasteiger partial charge in [-0.25, -0.2) is 8.39 Å². The molecule has 2 atom stereocenters. The molecular formula is H8B2F2N2P2. The Balaban J connectivity index is -0.000000245. The first-order chi connectivity index (χ1) is 3.63. The highest BCUT2D eigenvalue weighted by atomic mass is 31.1. The van der Waals surface area contributed by atoms with Crippen LogP contribution in [0.3, 0.4) is 0 Å². The van der Waals surface area contributed by atoms with Crippen molar-refractivity contribution in [2.75, 3.05) is 0 Å². The molecule has 2 radical (unpaired) electrons. The molecule has 0 heterocycles. The highest BCUT2D eigenvalue weighted by Gasteiger charge is 1.87. The Morgan fingerprint density at radius 1 is 1.12 bits per heavy atom. The van der Waals surface area contributed by atoms with Gasteiger partial charge in [0.05, 0.1) is 2.56 Å². The van der Waals surface area contributed by atoms with E-state index in [0.29, 0.717) is 0 Å². The van der Waals surface area contributed by atoms with Gasteiger partial charge in [0.2, 0.25) is 0 Å². The normalized spacial score (nSPS) is 17.2. The van der Waals surface area contributed by atoms with Gasteiger partial charge in [-0.15, -0.1) is 0 Å². The van der Waals surface area contributed by atoms with E-state index in [1.807, 2.05) is 0 Å². The second-order valence-corrected chi connectivity index (χ2v) is 1.48.